The van der Waals surface area contributed by atoms with E-state index in [9.17, 15) is 9.90 Å². The fourth-order valence-corrected chi connectivity index (χ4v) is 1.55. The number of pyridine rings is 1. The van der Waals surface area contributed by atoms with Crippen molar-refractivity contribution in [2.75, 3.05) is 5.73 Å². The van der Waals surface area contributed by atoms with E-state index in [2.05, 4.69) is 4.98 Å². The van der Waals surface area contributed by atoms with Crippen LogP contribution in [0.15, 0.2) is 36.5 Å². The summed E-state index contributed by atoms with van der Waals surface area (Å²) in [5.74, 6) is -0.876. The SMILES string of the molecule is Nc1cc(C(=O)O)c(-c2cccc(O)c2)cn1. The number of carboxylic acid groups (broad SMARTS) is 1. The van der Waals surface area contributed by atoms with Crippen molar-refractivity contribution in [1.82, 2.24) is 4.98 Å². The quantitative estimate of drug-likeness (QED) is 0.730. The van der Waals surface area contributed by atoms with Gasteiger partial charge in [-0.25, -0.2) is 9.78 Å². The molecule has 17 heavy (non-hydrogen) atoms. The molecule has 0 saturated heterocycles. The highest BCUT2D eigenvalue weighted by atomic mass is 16.4. The second-order valence-electron chi connectivity index (χ2n) is 3.51. The third kappa shape index (κ3) is 2.17. The monoisotopic (exact) mass is 230 g/mol. The van der Waals surface area contributed by atoms with Gasteiger partial charge in [0.15, 0.2) is 0 Å². The van der Waals surface area contributed by atoms with Gasteiger partial charge in [0.25, 0.3) is 0 Å². The van der Waals surface area contributed by atoms with Gasteiger partial charge in [-0.2, -0.15) is 0 Å². The van der Waals surface area contributed by atoms with Gasteiger partial charge in [0, 0.05) is 11.8 Å². The Bertz CT molecular complexity index is 582. The number of nitrogen functional groups attached to an aromatic ring is 1. The Labute approximate surface area is 97.2 Å². The standard InChI is InChI=1S/C12H10N2O3/c13-11-5-9(12(16)17)10(6-14-11)7-2-1-3-8(15)4-7/h1-6,15H,(H2,13,14)(H,16,17). The number of carbonyl (C=O) groups is 1. The molecule has 0 aliphatic carbocycles. The molecule has 0 amide bonds. The summed E-state index contributed by atoms with van der Waals surface area (Å²) in [4.78, 5) is 14.9. The Kier molecular flexibility index (Phi) is 2.66. The number of rotatable bonds is 2. The largest absolute Gasteiger partial charge is 0.508 e. The summed E-state index contributed by atoms with van der Waals surface area (Å²) >= 11 is 0. The Morgan fingerprint density at radius 3 is 2.71 bits per heavy atom. The topological polar surface area (TPSA) is 96.4 Å². The molecule has 0 fully saturated rings. The maximum absolute atomic E-state index is 11.1. The molecule has 0 radical (unpaired) electrons. The number of phenols is 1. The number of anilines is 1. The number of aromatic carboxylic acids is 1. The molecule has 5 nitrogen and oxygen atoms in total. The molecular formula is C12H10N2O3. The molecule has 86 valence electrons. The average Bonchev–Trinajstić information content (AvgIpc) is 2.28. The molecule has 0 aliphatic rings. The summed E-state index contributed by atoms with van der Waals surface area (Å²) in [7, 11) is 0. The minimum Gasteiger partial charge on any atom is -0.508 e. The van der Waals surface area contributed by atoms with Crippen LogP contribution in [0, 0.1) is 0 Å². The number of hydrogen-bond acceptors (Lipinski definition) is 4. The maximum Gasteiger partial charge on any atom is 0.336 e. The molecule has 0 saturated carbocycles. The zero-order valence-corrected chi connectivity index (χ0v) is 8.79. The Morgan fingerprint density at radius 1 is 1.29 bits per heavy atom. The van der Waals surface area contributed by atoms with Crippen LogP contribution in [-0.2, 0) is 0 Å². The van der Waals surface area contributed by atoms with Crippen LogP contribution in [0.5, 0.6) is 5.75 Å². The second kappa shape index (κ2) is 4.13. The predicted octanol–water partition coefficient (Wildman–Crippen LogP) is 1.73. The van der Waals surface area contributed by atoms with E-state index in [0.29, 0.717) is 11.1 Å². The molecule has 1 heterocycles. The number of aromatic hydroxyl groups is 1. The zero-order chi connectivity index (χ0) is 12.4. The van der Waals surface area contributed by atoms with E-state index < -0.39 is 5.97 Å². The summed E-state index contributed by atoms with van der Waals surface area (Å²) in [6.45, 7) is 0. The number of nitrogens with two attached hydrogens (primary N) is 1. The van der Waals surface area contributed by atoms with E-state index in [1.165, 1.54) is 24.4 Å². The first-order chi connectivity index (χ1) is 8.08. The van der Waals surface area contributed by atoms with Crippen LogP contribution in [0.1, 0.15) is 10.4 Å². The van der Waals surface area contributed by atoms with E-state index >= 15 is 0 Å². The number of hydrogen-bond donors (Lipinski definition) is 3. The normalized spacial score (nSPS) is 10.1. The van der Waals surface area contributed by atoms with E-state index in [0.717, 1.165) is 0 Å². The van der Waals surface area contributed by atoms with E-state index in [1.54, 1.807) is 12.1 Å². The van der Waals surface area contributed by atoms with Crippen molar-refractivity contribution < 1.29 is 15.0 Å². The Morgan fingerprint density at radius 2 is 2.06 bits per heavy atom. The molecule has 1 aromatic heterocycles. The van der Waals surface area contributed by atoms with Gasteiger partial charge >= 0.3 is 5.97 Å². The van der Waals surface area contributed by atoms with E-state index in [4.69, 9.17) is 10.8 Å². The maximum atomic E-state index is 11.1. The highest BCUT2D eigenvalue weighted by Gasteiger charge is 2.13. The molecular weight excluding hydrogens is 220 g/mol. The Hall–Kier alpha value is -2.56. The fourth-order valence-electron chi connectivity index (χ4n) is 1.55. The lowest BCUT2D eigenvalue weighted by molar-refractivity contribution is 0.0697. The molecule has 4 N–H and O–H groups in total. The van der Waals surface area contributed by atoms with Crippen molar-refractivity contribution in [2.24, 2.45) is 0 Å². The summed E-state index contributed by atoms with van der Waals surface area (Å²) in [6, 6.07) is 7.60. The highest BCUT2D eigenvalue weighted by molar-refractivity contribution is 5.96. The van der Waals surface area contributed by atoms with Crippen LogP contribution in [0.25, 0.3) is 11.1 Å². The molecule has 5 heteroatoms. The smallest absolute Gasteiger partial charge is 0.336 e. The number of nitrogens with zero attached hydrogens (tertiary/aromatic N) is 1. The molecule has 0 spiro atoms. The van der Waals surface area contributed by atoms with Crippen LogP contribution >= 0.6 is 0 Å². The molecule has 2 rings (SSSR count). The van der Waals surface area contributed by atoms with Crippen molar-refractivity contribution in [1.29, 1.82) is 0 Å². The predicted molar refractivity (Wildman–Crippen MR) is 62.7 cm³/mol. The number of aromatic nitrogens is 1. The lowest BCUT2D eigenvalue weighted by atomic mass is 10.0. The summed E-state index contributed by atoms with van der Waals surface area (Å²) in [5, 5.41) is 18.4. The summed E-state index contributed by atoms with van der Waals surface area (Å²) in [5.41, 5.74) is 6.51. The van der Waals surface area contributed by atoms with Gasteiger partial charge in [-0.05, 0) is 23.8 Å². The van der Waals surface area contributed by atoms with Gasteiger partial charge in [0.1, 0.15) is 11.6 Å². The van der Waals surface area contributed by atoms with Crippen LogP contribution in [0.4, 0.5) is 5.82 Å². The van der Waals surface area contributed by atoms with Gasteiger partial charge in [0.05, 0.1) is 5.56 Å². The van der Waals surface area contributed by atoms with E-state index in [-0.39, 0.29) is 17.1 Å². The highest BCUT2D eigenvalue weighted by Crippen LogP contribution is 2.26. The van der Waals surface area contributed by atoms with Crippen LogP contribution in [0.2, 0.25) is 0 Å². The first kappa shape index (κ1) is 10.9. The van der Waals surface area contributed by atoms with Crippen molar-refractivity contribution in [2.45, 2.75) is 0 Å². The zero-order valence-electron chi connectivity index (χ0n) is 8.79. The lowest BCUT2D eigenvalue weighted by Gasteiger charge is -2.06. The van der Waals surface area contributed by atoms with Crippen molar-refractivity contribution in [3.8, 4) is 16.9 Å². The van der Waals surface area contributed by atoms with Crippen LogP contribution in [0.3, 0.4) is 0 Å². The minimum atomic E-state index is -1.09. The number of phenolic OH excluding ortho intramolecular Hbond substituents is 1. The van der Waals surface area contributed by atoms with Crippen LogP contribution < -0.4 is 5.73 Å². The molecule has 2 aromatic rings. The van der Waals surface area contributed by atoms with Gasteiger partial charge in [-0.1, -0.05) is 12.1 Å². The summed E-state index contributed by atoms with van der Waals surface area (Å²) < 4.78 is 0. The molecule has 0 unspecified atom stereocenters. The Balaban J connectivity index is 2.63. The van der Waals surface area contributed by atoms with Crippen LogP contribution in [-0.4, -0.2) is 21.2 Å². The van der Waals surface area contributed by atoms with Gasteiger partial charge in [0.2, 0.25) is 0 Å². The van der Waals surface area contributed by atoms with Gasteiger partial charge < -0.3 is 15.9 Å². The van der Waals surface area contributed by atoms with Gasteiger partial charge in [-0.3, -0.25) is 0 Å². The first-order valence-corrected chi connectivity index (χ1v) is 4.86. The van der Waals surface area contributed by atoms with Crippen molar-refractivity contribution in [3.05, 3.63) is 42.1 Å². The minimum absolute atomic E-state index is 0.0584. The second-order valence-corrected chi connectivity index (χ2v) is 3.51. The molecule has 0 atom stereocenters. The average molecular weight is 230 g/mol. The van der Waals surface area contributed by atoms with Crippen molar-refractivity contribution in [3.63, 3.8) is 0 Å². The molecule has 0 bridgehead atoms. The van der Waals surface area contributed by atoms with E-state index in [1.807, 2.05) is 0 Å². The van der Waals surface area contributed by atoms with Crippen molar-refractivity contribution >= 4 is 11.8 Å². The summed E-state index contributed by atoms with van der Waals surface area (Å²) in [6.07, 6.45) is 1.38. The number of benzene rings is 1. The molecule has 1 aromatic carbocycles. The third-order valence-electron chi connectivity index (χ3n) is 2.31. The van der Waals surface area contributed by atoms with Gasteiger partial charge in [-0.15, -0.1) is 0 Å². The first-order valence-electron chi connectivity index (χ1n) is 4.86. The third-order valence-corrected chi connectivity index (χ3v) is 2.31. The fraction of sp³-hybridized carbons (Fsp3) is 0. The number of carboxylic acids is 1. The lowest BCUT2D eigenvalue weighted by Crippen LogP contribution is -2.02. The molecule has 0 aliphatic heterocycles.